The Morgan fingerprint density at radius 1 is 1.28 bits per heavy atom. The van der Waals surface area contributed by atoms with Gasteiger partial charge in [0.15, 0.2) is 0 Å². The van der Waals surface area contributed by atoms with Gasteiger partial charge in [0.05, 0.1) is 6.10 Å². The van der Waals surface area contributed by atoms with E-state index in [0.29, 0.717) is 17.9 Å². The van der Waals surface area contributed by atoms with Gasteiger partial charge in [0, 0.05) is 31.9 Å². The molecule has 0 heterocycles. The van der Waals surface area contributed by atoms with Crippen molar-refractivity contribution in [3.05, 3.63) is 59.7 Å². The molecule has 2 N–H and O–H groups in total. The van der Waals surface area contributed by atoms with E-state index in [2.05, 4.69) is 11.2 Å². The highest BCUT2D eigenvalue weighted by Crippen LogP contribution is 2.21. The third-order valence-electron chi connectivity index (χ3n) is 3.34. The molecule has 0 aliphatic rings. The molecule has 0 aliphatic heterocycles. The summed E-state index contributed by atoms with van der Waals surface area (Å²) in [6, 6.07) is 14.2. The molecule has 0 radical (unpaired) electrons. The third-order valence-corrected chi connectivity index (χ3v) is 3.34. The summed E-state index contributed by atoms with van der Waals surface area (Å²) >= 11 is 0. The molecule has 1 unspecified atom stereocenters. The van der Waals surface area contributed by atoms with Gasteiger partial charge in [-0.15, -0.1) is 18.8 Å². The first-order valence-corrected chi connectivity index (χ1v) is 7.47. The molecule has 25 heavy (non-hydrogen) atoms. The Morgan fingerprint density at radius 2 is 2.00 bits per heavy atom. The fourth-order valence-electron chi connectivity index (χ4n) is 2.03. The lowest BCUT2D eigenvalue weighted by Gasteiger charge is -2.15. The van der Waals surface area contributed by atoms with Crippen LogP contribution in [0.1, 0.15) is 17.2 Å². The van der Waals surface area contributed by atoms with Crippen molar-refractivity contribution in [1.29, 1.82) is 0 Å². The molecule has 1 atom stereocenters. The Labute approximate surface area is 154 Å². The number of hydrogen-bond donors (Lipinski definition) is 2. The van der Waals surface area contributed by atoms with E-state index in [-0.39, 0.29) is 12.4 Å². The molecule has 6 heteroatoms. The van der Waals surface area contributed by atoms with Crippen LogP contribution in [0.4, 0.5) is 10.5 Å². The van der Waals surface area contributed by atoms with E-state index in [9.17, 15) is 9.90 Å². The second-order valence-corrected chi connectivity index (χ2v) is 5.46. The van der Waals surface area contributed by atoms with Gasteiger partial charge in [0.25, 0.3) is 0 Å². The van der Waals surface area contributed by atoms with Crippen molar-refractivity contribution in [2.24, 2.45) is 0 Å². The molecule has 5 nitrogen and oxygen atoms in total. The van der Waals surface area contributed by atoms with Crippen LogP contribution in [0.5, 0.6) is 5.75 Å². The number of hydrogen-bond acceptors (Lipinski definition) is 4. The van der Waals surface area contributed by atoms with E-state index in [1.165, 1.54) is 4.90 Å². The van der Waals surface area contributed by atoms with Gasteiger partial charge in [0.2, 0.25) is 0 Å². The van der Waals surface area contributed by atoms with E-state index in [4.69, 9.17) is 11.2 Å². The number of nitrogens with zero attached hydrogens (tertiary/aromatic N) is 1. The van der Waals surface area contributed by atoms with Gasteiger partial charge >= 0.3 is 6.09 Å². The lowest BCUT2D eigenvalue weighted by atomic mass is 10.1. The van der Waals surface area contributed by atoms with Crippen molar-refractivity contribution < 1.29 is 14.6 Å². The molecule has 0 saturated heterocycles. The van der Waals surface area contributed by atoms with E-state index >= 15 is 0 Å². The molecule has 0 fully saturated rings. The average molecular weight is 361 g/mol. The summed E-state index contributed by atoms with van der Waals surface area (Å²) < 4.78 is 5.19. The zero-order valence-corrected chi connectivity index (χ0v) is 14.9. The molecule has 0 spiro atoms. The molecule has 0 aliphatic carbocycles. The predicted octanol–water partition coefficient (Wildman–Crippen LogP) is 3.30. The first-order valence-electron chi connectivity index (χ1n) is 7.47. The summed E-state index contributed by atoms with van der Waals surface area (Å²) in [4.78, 5) is 12.9. The number of aliphatic hydroxyl groups excluding tert-OH is 1. The van der Waals surface area contributed by atoms with E-state index in [1.54, 1.807) is 38.4 Å². The van der Waals surface area contributed by atoms with Gasteiger partial charge in [-0.3, -0.25) is 0 Å². The lowest BCUT2D eigenvalue weighted by molar-refractivity contribution is 0.170. The molecule has 2 aromatic carbocycles. The summed E-state index contributed by atoms with van der Waals surface area (Å²) in [6.45, 7) is 0.305. The Balaban J connectivity index is 0.00000312. The standard InChI is InChI=1S/C19H20N2O3.ClH/c1-4-14-7-5-9-16(11-14)20-13-18(22)15-8-6-10-17(12-15)24-19(23)21(2)3;/h1,5-12,18,20,22H,13H2,2-3H3;1H. The second kappa shape index (κ2) is 9.58. The van der Waals surface area contributed by atoms with Crippen molar-refractivity contribution >= 4 is 24.2 Å². The maximum Gasteiger partial charge on any atom is 0.414 e. The van der Waals surface area contributed by atoms with Crippen LogP contribution in [-0.4, -0.2) is 36.7 Å². The number of anilines is 1. The van der Waals surface area contributed by atoms with E-state index in [0.717, 1.165) is 11.3 Å². The minimum Gasteiger partial charge on any atom is -0.410 e. The minimum absolute atomic E-state index is 0. The Bertz CT molecular complexity index is 756. The van der Waals surface area contributed by atoms with Crippen LogP contribution in [0.25, 0.3) is 0 Å². The van der Waals surface area contributed by atoms with Crippen molar-refractivity contribution in [2.45, 2.75) is 6.10 Å². The van der Waals surface area contributed by atoms with Crippen molar-refractivity contribution in [1.82, 2.24) is 4.90 Å². The van der Waals surface area contributed by atoms with E-state index in [1.807, 2.05) is 24.3 Å². The zero-order chi connectivity index (χ0) is 17.5. The average Bonchev–Trinajstić information content (AvgIpc) is 2.60. The highest BCUT2D eigenvalue weighted by Gasteiger charge is 2.11. The fraction of sp³-hybridized carbons (Fsp3) is 0.211. The summed E-state index contributed by atoms with van der Waals surface area (Å²) in [6.07, 6.45) is 4.15. The molecule has 2 aromatic rings. The van der Waals surface area contributed by atoms with Crippen LogP contribution in [0.2, 0.25) is 0 Å². The predicted molar refractivity (Wildman–Crippen MR) is 101 cm³/mol. The summed E-state index contributed by atoms with van der Waals surface area (Å²) in [7, 11) is 3.21. The first kappa shape index (κ1) is 20.4. The second-order valence-electron chi connectivity index (χ2n) is 5.46. The van der Waals surface area contributed by atoms with Crippen LogP contribution in [0.15, 0.2) is 48.5 Å². The molecular weight excluding hydrogens is 340 g/mol. The summed E-state index contributed by atoms with van der Waals surface area (Å²) in [5.74, 6) is 2.95. The molecule has 0 aromatic heterocycles. The van der Waals surface area contributed by atoms with Gasteiger partial charge in [0.1, 0.15) is 5.75 Å². The van der Waals surface area contributed by atoms with E-state index < -0.39 is 12.2 Å². The largest absolute Gasteiger partial charge is 0.414 e. The van der Waals surface area contributed by atoms with Crippen LogP contribution in [0, 0.1) is 12.3 Å². The lowest BCUT2D eigenvalue weighted by Crippen LogP contribution is -2.25. The number of benzene rings is 2. The number of halogens is 1. The van der Waals surface area contributed by atoms with Gasteiger partial charge < -0.3 is 20.1 Å². The van der Waals surface area contributed by atoms with Crippen molar-refractivity contribution in [3.8, 4) is 18.1 Å². The molecule has 0 bridgehead atoms. The van der Waals surface area contributed by atoms with Crippen molar-refractivity contribution in [3.63, 3.8) is 0 Å². The SMILES string of the molecule is C#Cc1cccc(NCC(O)c2cccc(OC(=O)N(C)C)c2)c1.Cl. The Kier molecular flexibility index (Phi) is 7.80. The highest BCUT2D eigenvalue weighted by molar-refractivity contribution is 5.85. The smallest absolute Gasteiger partial charge is 0.410 e. The van der Waals surface area contributed by atoms with Crippen LogP contribution in [0.3, 0.4) is 0 Å². The van der Waals surface area contributed by atoms with Crippen molar-refractivity contribution in [2.75, 3.05) is 26.0 Å². The monoisotopic (exact) mass is 360 g/mol. The van der Waals surface area contributed by atoms with Gasteiger partial charge in [-0.2, -0.15) is 0 Å². The quantitative estimate of drug-likeness (QED) is 0.803. The fourth-order valence-corrected chi connectivity index (χ4v) is 2.03. The van der Waals surface area contributed by atoms with Gasteiger partial charge in [-0.25, -0.2) is 4.79 Å². The molecular formula is C19H21ClN2O3. The van der Waals surface area contributed by atoms with Crippen LogP contribution in [-0.2, 0) is 0 Å². The molecule has 0 saturated carbocycles. The number of aliphatic hydroxyl groups is 1. The third kappa shape index (κ3) is 6.03. The van der Waals surface area contributed by atoms with Gasteiger partial charge in [-0.05, 0) is 35.9 Å². The molecule has 132 valence electrons. The topological polar surface area (TPSA) is 61.8 Å². The number of rotatable bonds is 5. The Morgan fingerprint density at radius 3 is 2.68 bits per heavy atom. The van der Waals surface area contributed by atoms with Gasteiger partial charge in [-0.1, -0.05) is 24.1 Å². The molecule has 1 amide bonds. The Hall–Kier alpha value is -2.68. The highest BCUT2D eigenvalue weighted by atomic mass is 35.5. The number of carbonyl (C=O) groups excluding carboxylic acids is 1. The normalized spacial score (nSPS) is 10.8. The molecule has 2 rings (SSSR count). The number of terminal acetylenes is 1. The zero-order valence-electron chi connectivity index (χ0n) is 14.1. The maximum atomic E-state index is 11.6. The first-order chi connectivity index (χ1) is 11.5. The number of carbonyl (C=O) groups is 1. The minimum atomic E-state index is -0.752. The van der Waals surface area contributed by atoms with Crippen LogP contribution >= 0.6 is 12.4 Å². The maximum absolute atomic E-state index is 11.6. The summed E-state index contributed by atoms with van der Waals surface area (Å²) in [5.41, 5.74) is 2.26. The summed E-state index contributed by atoms with van der Waals surface area (Å²) in [5, 5.41) is 13.5. The number of amides is 1. The number of ether oxygens (including phenoxy) is 1. The number of nitrogens with one attached hydrogen (secondary N) is 1. The van der Waals surface area contributed by atoms with Crippen LogP contribution < -0.4 is 10.1 Å².